The Bertz CT molecular complexity index is 471. The molecule has 1 unspecified atom stereocenters. The zero-order valence-electron chi connectivity index (χ0n) is 11.1. The van der Waals surface area contributed by atoms with Crippen LogP contribution in [0.25, 0.3) is 0 Å². The number of benzene rings is 1. The number of rotatable bonds is 4. The fraction of sp³-hybridized carbons (Fsp3) is 0.462. The Labute approximate surface area is 119 Å². The van der Waals surface area contributed by atoms with Crippen LogP contribution in [0.1, 0.15) is 31.1 Å². The Kier molecular flexibility index (Phi) is 5.04. The third kappa shape index (κ3) is 3.51. The Balaban J connectivity index is 3.09. The molecule has 0 aliphatic heterocycles. The monoisotopic (exact) mass is 334 g/mol. The van der Waals surface area contributed by atoms with Gasteiger partial charge >= 0.3 is 0 Å². The van der Waals surface area contributed by atoms with Crippen LogP contribution in [0.2, 0.25) is 0 Å². The molecule has 0 radical (unpaired) electrons. The van der Waals surface area contributed by atoms with Crippen LogP contribution in [-0.4, -0.2) is 18.0 Å². The van der Waals surface area contributed by atoms with Crippen LogP contribution in [0.3, 0.4) is 0 Å². The summed E-state index contributed by atoms with van der Waals surface area (Å²) in [6, 6.07) is 2.10. The molecule has 1 atom stereocenters. The molecule has 0 spiro atoms. The minimum Gasteiger partial charge on any atom is -0.345 e. The minimum absolute atomic E-state index is 0.0306. The maximum atomic E-state index is 13.7. The maximum Gasteiger partial charge on any atom is 0.257 e. The van der Waals surface area contributed by atoms with Crippen molar-refractivity contribution >= 4 is 21.8 Å². The minimum atomic E-state index is -0.910. The molecule has 0 heterocycles. The summed E-state index contributed by atoms with van der Waals surface area (Å²) in [5, 5.41) is 2.60. The number of carbonyl (C=O) groups excluding carboxylic acids is 1. The molecule has 0 bridgehead atoms. The summed E-state index contributed by atoms with van der Waals surface area (Å²) < 4.78 is 27.6. The van der Waals surface area contributed by atoms with Crippen LogP contribution in [0.15, 0.2) is 16.6 Å². The SMILES string of the molecule is CC(C)C(C)(CN)NC(=O)c1c(F)cc(Br)cc1F. The summed E-state index contributed by atoms with van der Waals surface area (Å²) in [6.45, 7) is 5.67. The zero-order valence-corrected chi connectivity index (χ0v) is 12.6. The summed E-state index contributed by atoms with van der Waals surface area (Å²) in [4.78, 5) is 12.0. The molecule has 6 heteroatoms. The highest BCUT2D eigenvalue weighted by Crippen LogP contribution is 2.21. The molecule has 106 valence electrons. The van der Waals surface area contributed by atoms with Gasteiger partial charge in [0.25, 0.3) is 5.91 Å². The second-order valence-electron chi connectivity index (χ2n) is 4.97. The Morgan fingerprint density at radius 3 is 2.26 bits per heavy atom. The predicted molar refractivity (Wildman–Crippen MR) is 73.8 cm³/mol. The molecule has 1 aromatic carbocycles. The zero-order chi connectivity index (χ0) is 14.8. The van der Waals surface area contributed by atoms with Gasteiger partial charge in [-0.1, -0.05) is 29.8 Å². The van der Waals surface area contributed by atoms with Gasteiger partial charge in [0, 0.05) is 11.0 Å². The van der Waals surface area contributed by atoms with Crippen molar-refractivity contribution in [3.8, 4) is 0 Å². The van der Waals surface area contributed by atoms with E-state index in [-0.39, 0.29) is 16.9 Å². The van der Waals surface area contributed by atoms with Gasteiger partial charge in [0.15, 0.2) is 0 Å². The Morgan fingerprint density at radius 1 is 1.42 bits per heavy atom. The summed E-state index contributed by atoms with van der Waals surface area (Å²) in [5.74, 6) is -2.59. The lowest BCUT2D eigenvalue weighted by Gasteiger charge is -2.33. The van der Waals surface area contributed by atoms with Gasteiger partial charge in [-0.3, -0.25) is 4.79 Å². The van der Waals surface area contributed by atoms with Crippen LogP contribution >= 0.6 is 15.9 Å². The van der Waals surface area contributed by atoms with Crippen LogP contribution in [0.5, 0.6) is 0 Å². The van der Waals surface area contributed by atoms with E-state index in [1.165, 1.54) is 0 Å². The van der Waals surface area contributed by atoms with Crippen molar-refractivity contribution in [2.45, 2.75) is 26.3 Å². The average Bonchev–Trinajstić information content (AvgIpc) is 2.26. The van der Waals surface area contributed by atoms with Crippen molar-refractivity contribution in [1.82, 2.24) is 5.32 Å². The van der Waals surface area contributed by atoms with Crippen molar-refractivity contribution < 1.29 is 13.6 Å². The van der Waals surface area contributed by atoms with Gasteiger partial charge in [-0.25, -0.2) is 8.78 Å². The normalized spacial score (nSPS) is 14.3. The van der Waals surface area contributed by atoms with Crippen molar-refractivity contribution in [3.05, 3.63) is 33.8 Å². The van der Waals surface area contributed by atoms with Gasteiger partial charge in [0.2, 0.25) is 0 Å². The standard InChI is InChI=1S/C13H17BrF2N2O/c1-7(2)13(3,6-17)18-12(19)11-9(15)4-8(14)5-10(11)16/h4-5,7H,6,17H2,1-3H3,(H,18,19). The number of hydrogen-bond acceptors (Lipinski definition) is 2. The Hall–Kier alpha value is -1.01. The van der Waals surface area contributed by atoms with E-state index < -0.39 is 28.6 Å². The summed E-state index contributed by atoms with van der Waals surface area (Å²) >= 11 is 2.96. The van der Waals surface area contributed by atoms with Crippen molar-refractivity contribution in [1.29, 1.82) is 0 Å². The van der Waals surface area contributed by atoms with E-state index in [1.807, 2.05) is 13.8 Å². The topological polar surface area (TPSA) is 55.1 Å². The van der Waals surface area contributed by atoms with Gasteiger partial charge in [-0.2, -0.15) is 0 Å². The first kappa shape index (κ1) is 16.0. The summed E-state index contributed by atoms with van der Waals surface area (Å²) in [5.41, 5.74) is 4.31. The maximum absolute atomic E-state index is 13.7. The molecule has 0 saturated heterocycles. The fourth-order valence-corrected chi connectivity index (χ4v) is 1.91. The van der Waals surface area contributed by atoms with Crippen LogP contribution < -0.4 is 11.1 Å². The van der Waals surface area contributed by atoms with Crippen LogP contribution in [-0.2, 0) is 0 Å². The summed E-state index contributed by atoms with van der Waals surface area (Å²) in [7, 11) is 0. The highest BCUT2D eigenvalue weighted by atomic mass is 79.9. The van der Waals surface area contributed by atoms with E-state index in [4.69, 9.17) is 5.73 Å². The molecule has 19 heavy (non-hydrogen) atoms. The van der Waals surface area contributed by atoms with Crippen molar-refractivity contribution in [3.63, 3.8) is 0 Å². The lowest BCUT2D eigenvalue weighted by atomic mass is 9.88. The van der Waals surface area contributed by atoms with E-state index in [2.05, 4.69) is 21.2 Å². The molecular weight excluding hydrogens is 318 g/mol. The first-order chi connectivity index (χ1) is 8.71. The summed E-state index contributed by atoms with van der Waals surface area (Å²) in [6.07, 6.45) is 0. The number of hydrogen-bond donors (Lipinski definition) is 2. The average molecular weight is 335 g/mol. The largest absolute Gasteiger partial charge is 0.345 e. The number of nitrogens with one attached hydrogen (secondary N) is 1. The van der Waals surface area contributed by atoms with Crippen molar-refractivity contribution in [2.24, 2.45) is 11.7 Å². The van der Waals surface area contributed by atoms with E-state index in [9.17, 15) is 13.6 Å². The molecule has 1 amide bonds. The molecule has 0 aliphatic rings. The van der Waals surface area contributed by atoms with Crippen LogP contribution in [0.4, 0.5) is 8.78 Å². The van der Waals surface area contributed by atoms with Crippen molar-refractivity contribution in [2.75, 3.05) is 6.54 Å². The van der Waals surface area contributed by atoms with E-state index >= 15 is 0 Å². The molecule has 1 aromatic rings. The van der Waals surface area contributed by atoms with Gasteiger partial charge in [0.05, 0.1) is 5.54 Å². The first-order valence-corrected chi connectivity index (χ1v) is 6.67. The number of carbonyl (C=O) groups is 1. The van der Waals surface area contributed by atoms with Gasteiger partial charge in [0.1, 0.15) is 17.2 Å². The number of nitrogens with two attached hydrogens (primary N) is 1. The third-order valence-corrected chi connectivity index (χ3v) is 3.79. The molecule has 0 saturated carbocycles. The third-order valence-electron chi connectivity index (χ3n) is 3.33. The first-order valence-electron chi connectivity index (χ1n) is 5.88. The molecular formula is C13H17BrF2N2O. The number of amides is 1. The molecule has 3 nitrogen and oxygen atoms in total. The highest BCUT2D eigenvalue weighted by molar-refractivity contribution is 9.10. The van der Waals surface area contributed by atoms with E-state index in [0.717, 1.165) is 12.1 Å². The van der Waals surface area contributed by atoms with Gasteiger partial charge in [-0.05, 0) is 25.0 Å². The Morgan fingerprint density at radius 2 is 1.89 bits per heavy atom. The van der Waals surface area contributed by atoms with E-state index in [0.29, 0.717) is 0 Å². The predicted octanol–water partition coefficient (Wildman–Crippen LogP) is 2.83. The quantitative estimate of drug-likeness (QED) is 0.889. The highest BCUT2D eigenvalue weighted by Gasteiger charge is 2.31. The second kappa shape index (κ2) is 5.96. The molecule has 0 fully saturated rings. The van der Waals surface area contributed by atoms with Crippen LogP contribution in [0, 0.1) is 17.6 Å². The fourth-order valence-electron chi connectivity index (χ4n) is 1.51. The second-order valence-corrected chi connectivity index (χ2v) is 5.89. The van der Waals surface area contributed by atoms with Gasteiger partial charge in [-0.15, -0.1) is 0 Å². The number of halogens is 3. The molecule has 1 rings (SSSR count). The molecule has 0 aliphatic carbocycles. The lowest BCUT2D eigenvalue weighted by Crippen LogP contribution is -2.55. The van der Waals surface area contributed by atoms with Gasteiger partial charge < -0.3 is 11.1 Å². The molecule has 0 aromatic heterocycles. The smallest absolute Gasteiger partial charge is 0.257 e. The lowest BCUT2D eigenvalue weighted by molar-refractivity contribution is 0.0874. The molecule has 3 N–H and O–H groups in total. The van der Waals surface area contributed by atoms with E-state index in [1.54, 1.807) is 6.92 Å².